The van der Waals surface area contributed by atoms with Gasteiger partial charge in [-0.25, -0.2) is 0 Å². The maximum atomic E-state index is 11.4. The van der Waals surface area contributed by atoms with Crippen LogP contribution in [0.1, 0.15) is 18.9 Å². The number of rotatable bonds is 4. The molecule has 0 saturated heterocycles. The van der Waals surface area contributed by atoms with Crippen LogP contribution < -0.4 is 0 Å². The third kappa shape index (κ3) is 2.65. The summed E-state index contributed by atoms with van der Waals surface area (Å²) >= 11 is 0. The summed E-state index contributed by atoms with van der Waals surface area (Å²) in [5, 5.41) is 11.4. The summed E-state index contributed by atoms with van der Waals surface area (Å²) in [6, 6.07) is 9.83. The van der Waals surface area contributed by atoms with E-state index < -0.39 is 5.54 Å². The van der Waals surface area contributed by atoms with Gasteiger partial charge in [-0.3, -0.25) is 10.1 Å². The lowest BCUT2D eigenvalue weighted by Crippen LogP contribution is -2.42. The number of allylic oxidation sites excluding steroid dienone is 2. The van der Waals surface area contributed by atoms with E-state index in [2.05, 4.69) is 0 Å². The zero-order valence-corrected chi connectivity index (χ0v) is 10.9. The Kier molecular flexibility index (Phi) is 3.95. The fourth-order valence-electron chi connectivity index (χ4n) is 2.36. The van der Waals surface area contributed by atoms with Gasteiger partial charge in [0.2, 0.25) is 5.54 Å². The normalized spacial score (nSPS) is 25.8. The Morgan fingerprint density at radius 1 is 1.32 bits per heavy atom. The molecule has 0 radical (unpaired) electrons. The molecule has 0 aliphatic heterocycles. The number of nitro groups is 1. The molecule has 1 aromatic rings. The van der Waals surface area contributed by atoms with E-state index in [0.717, 1.165) is 5.56 Å². The molecular weight excluding hydrogens is 238 g/mol. The first-order valence-corrected chi connectivity index (χ1v) is 6.43. The largest absolute Gasteiger partial charge is 0.264 e. The van der Waals surface area contributed by atoms with Gasteiger partial charge in [0.05, 0.1) is 5.92 Å². The highest BCUT2D eigenvalue weighted by molar-refractivity contribution is 5.50. The first-order chi connectivity index (χ1) is 9.19. The van der Waals surface area contributed by atoms with Crippen molar-refractivity contribution in [3.63, 3.8) is 0 Å². The zero-order chi connectivity index (χ0) is 13.7. The molecule has 0 amide bonds. The average Bonchev–Trinajstić information content (AvgIpc) is 2.46. The standard InChI is InChI=1S/C16H17NO2/c1-2-16(17(18)19)13-7-6-10-15(16)12-11-14-8-4-3-5-9-14/h3-13,15H,2H2,1H3/b12-11+. The van der Waals surface area contributed by atoms with Crippen LogP contribution in [0.25, 0.3) is 6.08 Å². The monoisotopic (exact) mass is 255 g/mol. The van der Waals surface area contributed by atoms with Gasteiger partial charge in [0.25, 0.3) is 0 Å². The van der Waals surface area contributed by atoms with Crippen LogP contribution >= 0.6 is 0 Å². The van der Waals surface area contributed by atoms with Crippen LogP contribution in [-0.4, -0.2) is 10.5 Å². The Labute approximate surface area is 113 Å². The maximum Gasteiger partial charge on any atom is 0.249 e. The zero-order valence-electron chi connectivity index (χ0n) is 10.9. The third-order valence-corrected chi connectivity index (χ3v) is 3.59. The summed E-state index contributed by atoms with van der Waals surface area (Å²) in [7, 11) is 0. The molecule has 0 spiro atoms. The lowest BCUT2D eigenvalue weighted by Gasteiger charge is -2.27. The highest BCUT2D eigenvalue weighted by Crippen LogP contribution is 2.32. The fraction of sp³-hybridized carbons (Fsp3) is 0.250. The van der Waals surface area contributed by atoms with E-state index in [1.54, 1.807) is 12.2 Å². The summed E-state index contributed by atoms with van der Waals surface area (Å²) in [4.78, 5) is 11.2. The van der Waals surface area contributed by atoms with Crippen LogP contribution in [0, 0.1) is 16.0 Å². The topological polar surface area (TPSA) is 43.1 Å². The molecule has 1 aromatic carbocycles. The second kappa shape index (κ2) is 5.65. The molecule has 2 unspecified atom stereocenters. The second-order valence-electron chi connectivity index (χ2n) is 4.64. The molecule has 2 atom stereocenters. The highest BCUT2D eigenvalue weighted by atomic mass is 16.6. The van der Waals surface area contributed by atoms with Crippen molar-refractivity contribution in [3.8, 4) is 0 Å². The van der Waals surface area contributed by atoms with Crippen LogP contribution in [-0.2, 0) is 0 Å². The summed E-state index contributed by atoms with van der Waals surface area (Å²) in [5.41, 5.74) is 0.0406. The van der Waals surface area contributed by atoms with Gasteiger partial charge in [-0.2, -0.15) is 0 Å². The summed E-state index contributed by atoms with van der Waals surface area (Å²) in [6.45, 7) is 1.86. The van der Waals surface area contributed by atoms with Gasteiger partial charge in [0.1, 0.15) is 0 Å². The first kappa shape index (κ1) is 13.3. The first-order valence-electron chi connectivity index (χ1n) is 6.43. The summed E-state index contributed by atoms with van der Waals surface area (Å²) in [5.74, 6) is -0.210. The van der Waals surface area contributed by atoms with Crippen molar-refractivity contribution in [2.45, 2.75) is 18.9 Å². The van der Waals surface area contributed by atoms with Gasteiger partial charge < -0.3 is 0 Å². The van der Waals surface area contributed by atoms with Gasteiger partial charge in [-0.15, -0.1) is 0 Å². The van der Waals surface area contributed by atoms with E-state index >= 15 is 0 Å². The third-order valence-electron chi connectivity index (χ3n) is 3.59. The van der Waals surface area contributed by atoms with Crippen molar-refractivity contribution in [2.24, 2.45) is 5.92 Å². The SMILES string of the molecule is CCC1([N+](=O)[O-])C=CC=CC1/C=C/c1ccccc1. The number of nitrogens with zero attached hydrogens (tertiary/aromatic N) is 1. The van der Waals surface area contributed by atoms with E-state index in [1.165, 1.54) is 0 Å². The Balaban J connectivity index is 2.27. The van der Waals surface area contributed by atoms with E-state index in [4.69, 9.17) is 0 Å². The molecule has 1 aliphatic carbocycles. The van der Waals surface area contributed by atoms with E-state index in [0.29, 0.717) is 6.42 Å². The molecule has 0 heterocycles. The maximum absolute atomic E-state index is 11.4. The molecule has 2 rings (SSSR count). The predicted molar refractivity (Wildman–Crippen MR) is 77.3 cm³/mol. The molecule has 3 nitrogen and oxygen atoms in total. The van der Waals surface area contributed by atoms with Gasteiger partial charge in [0.15, 0.2) is 0 Å². The Morgan fingerprint density at radius 3 is 2.68 bits per heavy atom. The Hall–Kier alpha value is -2.16. The average molecular weight is 255 g/mol. The molecule has 1 aliphatic rings. The number of benzene rings is 1. The van der Waals surface area contributed by atoms with E-state index in [1.807, 2.05) is 61.6 Å². The molecule has 98 valence electrons. The fourth-order valence-corrected chi connectivity index (χ4v) is 2.36. The second-order valence-corrected chi connectivity index (χ2v) is 4.64. The van der Waals surface area contributed by atoms with Gasteiger partial charge in [-0.05, 0) is 11.6 Å². The molecule has 0 aromatic heterocycles. The number of hydrogen-bond donors (Lipinski definition) is 0. The van der Waals surface area contributed by atoms with Crippen molar-refractivity contribution < 1.29 is 4.92 Å². The van der Waals surface area contributed by atoms with Gasteiger partial charge in [-0.1, -0.05) is 67.6 Å². The minimum Gasteiger partial charge on any atom is -0.264 e. The predicted octanol–water partition coefficient (Wildman–Crippen LogP) is 3.87. The highest BCUT2D eigenvalue weighted by Gasteiger charge is 2.44. The molecule has 0 bridgehead atoms. The number of hydrogen-bond acceptors (Lipinski definition) is 2. The van der Waals surface area contributed by atoms with Crippen LogP contribution in [0.2, 0.25) is 0 Å². The molecule has 0 saturated carbocycles. The quantitative estimate of drug-likeness (QED) is 0.605. The minimum atomic E-state index is -1.01. The molecule has 3 heteroatoms. The van der Waals surface area contributed by atoms with Gasteiger partial charge >= 0.3 is 0 Å². The molecule has 19 heavy (non-hydrogen) atoms. The summed E-state index contributed by atoms with van der Waals surface area (Å²) < 4.78 is 0. The van der Waals surface area contributed by atoms with Crippen molar-refractivity contribution >= 4 is 6.08 Å². The van der Waals surface area contributed by atoms with Gasteiger partial charge in [0, 0.05) is 11.3 Å². The van der Waals surface area contributed by atoms with Crippen molar-refractivity contribution in [3.05, 3.63) is 76.4 Å². The van der Waals surface area contributed by atoms with Crippen LogP contribution in [0.3, 0.4) is 0 Å². The van der Waals surface area contributed by atoms with Crippen LogP contribution in [0.15, 0.2) is 60.7 Å². The van der Waals surface area contributed by atoms with E-state index in [9.17, 15) is 10.1 Å². The van der Waals surface area contributed by atoms with E-state index in [-0.39, 0.29) is 10.8 Å². The molecular formula is C16H17NO2. The van der Waals surface area contributed by atoms with Crippen molar-refractivity contribution in [1.82, 2.24) is 0 Å². The molecule has 0 fully saturated rings. The lowest BCUT2D eigenvalue weighted by molar-refractivity contribution is -0.561. The van der Waals surface area contributed by atoms with Crippen molar-refractivity contribution in [2.75, 3.05) is 0 Å². The lowest BCUT2D eigenvalue weighted by atomic mass is 9.78. The Morgan fingerprint density at radius 2 is 2.05 bits per heavy atom. The van der Waals surface area contributed by atoms with Crippen molar-refractivity contribution in [1.29, 1.82) is 0 Å². The minimum absolute atomic E-state index is 0.174. The molecule has 0 N–H and O–H groups in total. The van der Waals surface area contributed by atoms with Crippen LogP contribution in [0.4, 0.5) is 0 Å². The summed E-state index contributed by atoms with van der Waals surface area (Å²) in [6.07, 6.45) is 11.6. The van der Waals surface area contributed by atoms with Crippen LogP contribution in [0.5, 0.6) is 0 Å². The Bertz CT molecular complexity index is 531. The smallest absolute Gasteiger partial charge is 0.249 e.